The monoisotopic (exact) mass is 555 g/mol. The number of nitrogens with one attached hydrogen (secondary N) is 4. The Labute approximate surface area is 232 Å². The van der Waals surface area contributed by atoms with Gasteiger partial charge in [0.05, 0.1) is 6.20 Å². The molecule has 1 saturated heterocycles. The van der Waals surface area contributed by atoms with E-state index in [0.717, 1.165) is 25.6 Å². The quantitative estimate of drug-likeness (QED) is 0.350. The summed E-state index contributed by atoms with van der Waals surface area (Å²) in [5.41, 5.74) is 0.868. The Bertz CT molecular complexity index is 1230. The smallest absolute Gasteiger partial charge is 0.405 e. The molecule has 5 aliphatic rings. The van der Waals surface area contributed by atoms with Crippen LogP contribution in [0.4, 0.5) is 24.9 Å². The van der Waals surface area contributed by atoms with Gasteiger partial charge in [-0.15, -0.1) is 13.2 Å². The highest BCUT2D eigenvalue weighted by atomic mass is 19.4. The van der Waals surface area contributed by atoms with Gasteiger partial charge in [-0.25, -0.2) is 4.98 Å². The largest absolute Gasteiger partial charge is 0.573 e. The van der Waals surface area contributed by atoms with Crippen molar-refractivity contribution in [3.05, 3.63) is 41.6 Å². The predicted octanol–water partition coefficient (Wildman–Crippen LogP) is 4.81. The highest BCUT2D eigenvalue weighted by Crippen LogP contribution is 2.60. The van der Waals surface area contributed by atoms with Crippen LogP contribution < -0.4 is 26.0 Å². The lowest BCUT2D eigenvalue weighted by molar-refractivity contribution is -0.274. The van der Waals surface area contributed by atoms with Crippen LogP contribution in [0.25, 0.3) is 0 Å². The maximum absolute atomic E-state index is 12.8. The van der Waals surface area contributed by atoms with Crippen LogP contribution in [0, 0.1) is 34.5 Å². The summed E-state index contributed by atoms with van der Waals surface area (Å²) in [4.78, 5) is 8.74. The number of halogens is 3. The van der Waals surface area contributed by atoms with E-state index in [1.165, 1.54) is 63.3 Å². The Balaban J connectivity index is 1.11. The molecular formula is C29H36F3N7O. The first kappa shape index (κ1) is 27.1. The van der Waals surface area contributed by atoms with Crippen molar-refractivity contribution in [3.8, 4) is 11.8 Å². The molecule has 11 heteroatoms. The highest BCUT2D eigenvalue weighted by Gasteiger charge is 2.55. The van der Waals surface area contributed by atoms with Gasteiger partial charge in [0, 0.05) is 30.7 Å². The minimum Gasteiger partial charge on any atom is -0.405 e. The van der Waals surface area contributed by atoms with Crippen LogP contribution in [0.15, 0.2) is 30.5 Å². The summed E-state index contributed by atoms with van der Waals surface area (Å²) < 4.78 is 42.5. The number of para-hydroxylation sites is 1. The van der Waals surface area contributed by atoms with Crippen LogP contribution in [0.2, 0.25) is 0 Å². The molecule has 0 radical (unpaired) electrons. The third-order valence-electron chi connectivity index (χ3n) is 9.34. The SMILES string of the molecule is N#Cc1cnc(NCc2ccccc2OC(F)(F)F)nc1NC[C@]12CC3C[C@H](C1)[C@@H](NC1CCNCC1)[C@@H](C3)C2. The lowest BCUT2D eigenvalue weighted by Crippen LogP contribution is -2.61. The molecule has 7 rings (SSSR count). The Morgan fingerprint density at radius 2 is 1.82 bits per heavy atom. The summed E-state index contributed by atoms with van der Waals surface area (Å²) in [5, 5.41) is 23.7. The zero-order chi connectivity index (χ0) is 27.7. The number of aromatic nitrogens is 2. The van der Waals surface area contributed by atoms with Crippen molar-refractivity contribution in [2.45, 2.75) is 69.9 Å². The summed E-state index contributed by atoms with van der Waals surface area (Å²) in [6.45, 7) is 2.99. The van der Waals surface area contributed by atoms with E-state index in [1.54, 1.807) is 12.1 Å². The highest BCUT2D eigenvalue weighted by molar-refractivity contribution is 5.53. The van der Waals surface area contributed by atoms with E-state index in [-0.39, 0.29) is 23.7 Å². The Morgan fingerprint density at radius 1 is 1.07 bits per heavy atom. The predicted molar refractivity (Wildman–Crippen MR) is 144 cm³/mol. The number of hydrogen-bond donors (Lipinski definition) is 4. The van der Waals surface area contributed by atoms with Gasteiger partial charge >= 0.3 is 6.36 Å². The molecule has 4 bridgehead atoms. The van der Waals surface area contributed by atoms with Crippen LogP contribution >= 0.6 is 0 Å². The van der Waals surface area contributed by atoms with E-state index in [0.29, 0.717) is 40.9 Å². The van der Waals surface area contributed by atoms with Crippen molar-refractivity contribution in [2.24, 2.45) is 23.2 Å². The number of rotatable bonds is 9. The van der Waals surface area contributed by atoms with Gasteiger partial charge in [0.15, 0.2) is 0 Å². The first-order chi connectivity index (χ1) is 19.3. The van der Waals surface area contributed by atoms with E-state index in [1.807, 2.05) is 0 Å². The van der Waals surface area contributed by atoms with Gasteiger partial charge in [0.1, 0.15) is 23.2 Å². The van der Waals surface area contributed by atoms with Gasteiger partial charge < -0.3 is 26.0 Å². The molecule has 214 valence electrons. The first-order valence-electron chi connectivity index (χ1n) is 14.3. The van der Waals surface area contributed by atoms with E-state index in [4.69, 9.17) is 0 Å². The normalized spacial score (nSPS) is 29.6. The molecule has 1 aromatic heterocycles. The van der Waals surface area contributed by atoms with Gasteiger partial charge in [-0.2, -0.15) is 10.2 Å². The Hall–Kier alpha value is -3.10. The molecule has 2 heterocycles. The fourth-order valence-electron chi connectivity index (χ4n) is 7.95. The van der Waals surface area contributed by atoms with E-state index >= 15 is 0 Å². The molecule has 4 saturated carbocycles. The topological polar surface area (TPSA) is 107 Å². The van der Waals surface area contributed by atoms with Crippen molar-refractivity contribution in [2.75, 3.05) is 30.3 Å². The molecule has 2 aromatic rings. The number of hydrogen-bond acceptors (Lipinski definition) is 8. The number of ether oxygens (including phenoxy) is 1. The maximum Gasteiger partial charge on any atom is 0.573 e. The fourth-order valence-corrected chi connectivity index (χ4v) is 7.95. The zero-order valence-electron chi connectivity index (χ0n) is 22.4. The van der Waals surface area contributed by atoms with Gasteiger partial charge in [-0.1, -0.05) is 18.2 Å². The number of benzene rings is 1. The summed E-state index contributed by atoms with van der Waals surface area (Å²) in [6, 6.07) is 9.36. The average Bonchev–Trinajstić information content (AvgIpc) is 2.93. The molecular weight excluding hydrogens is 519 g/mol. The fraction of sp³-hybridized carbons (Fsp3) is 0.621. The molecule has 5 fully saturated rings. The van der Waals surface area contributed by atoms with E-state index in [9.17, 15) is 18.4 Å². The van der Waals surface area contributed by atoms with Gasteiger partial charge in [0.2, 0.25) is 5.95 Å². The van der Waals surface area contributed by atoms with Crippen molar-refractivity contribution in [1.82, 2.24) is 20.6 Å². The summed E-state index contributed by atoms with van der Waals surface area (Å²) >= 11 is 0. The number of anilines is 2. The van der Waals surface area contributed by atoms with Crippen LogP contribution in [0.3, 0.4) is 0 Å². The molecule has 40 heavy (non-hydrogen) atoms. The van der Waals surface area contributed by atoms with Crippen LogP contribution in [-0.2, 0) is 6.54 Å². The number of nitrogens with zero attached hydrogens (tertiary/aromatic N) is 3. The zero-order valence-corrected chi connectivity index (χ0v) is 22.4. The number of alkyl halides is 3. The molecule has 4 aliphatic carbocycles. The molecule has 1 aromatic carbocycles. The second kappa shape index (κ2) is 11.1. The molecule has 5 atom stereocenters. The van der Waals surface area contributed by atoms with Crippen molar-refractivity contribution >= 4 is 11.8 Å². The molecule has 4 N–H and O–H groups in total. The van der Waals surface area contributed by atoms with Crippen molar-refractivity contribution < 1.29 is 17.9 Å². The summed E-state index contributed by atoms with van der Waals surface area (Å²) in [5.74, 6) is 2.58. The van der Waals surface area contributed by atoms with Crippen LogP contribution in [0.5, 0.6) is 5.75 Å². The molecule has 1 unspecified atom stereocenters. The van der Waals surface area contributed by atoms with Gasteiger partial charge in [-0.05, 0) is 87.3 Å². The van der Waals surface area contributed by atoms with Gasteiger partial charge in [-0.3, -0.25) is 0 Å². The van der Waals surface area contributed by atoms with Crippen LogP contribution in [-0.4, -0.2) is 48.0 Å². The van der Waals surface area contributed by atoms with Gasteiger partial charge in [0.25, 0.3) is 0 Å². The van der Waals surface area contributed by atoms with E-state index in [2.05, 4.69) is 42.0 Å². The number of piperidine rings is 1. The average molecular weight is 556 g/mol. The standard InChI is InChI=1S/C29H36F3N7O/c30-29(31,32)40-24-4-2-1-3-19(24)15-35-27-36-16-22(14-33)26(39-27)37-17-28-11-18-9-20(12-28)25(21(10-18)13-28)38-23-5-7-34-8-6-23/h1-4,16,18,20-21,23,25,34,38H,5-13,15,17H2,(H2,35,36,37,39)/t18?,20-,21+,25-,28-. The lowest BCUT2D eigenvalue weighted by atomic mass is 9.48. The first-order valence-corrected chi connectivity index (χ1v) is 14.3. The second-order valence-electron chi connectivity index (χ2n) is 12.1. The lowest BCUT2D eigenvalue weighted by Gasteiger charge is -2.61. The molecule has 8 nitrogen and oxygen atoms in total. The number of nitriles is 1. The minimum absolute atomic E-state index is 0.0397. The Morgan fingerprint density at radius 3 is 2.55 bits per heavy atom. The maximum atomic E-state index is 12.8. The third-order valence-corrected chi connectivity index (χ3v) is 9.34. The molecule has 0 spiro atoms. The van der Waals surface area contributed by atoms with Crippen LogP contribution in [0.1, 0.15) is 56.1 Å². The summed E-state index contributed by atoms with van der Waals surface area (Å²) in [7, 11) is 0. The second-order valence-corrected chi connectivity index (χ2v) is 12.1. The minimum atomic E-state index is -4.78. The third kappa shape index (κ3) is 5.98. The van der Waals surface area contributed by atoms with E-state index < -0.39 is 6.36 Å². The van der Waals surface area contributed by atoms with Crippen molar-refractivity contribution in [1.29, 1.82) is 5.26 Å². The molecule has 1 aliphatic heterocycles. The molecule has 0 amide bonds. The summed E-state index contributed by atoms with van der Waals surface area (Å²) in [6.07, 6.45) is 5.28. The Kier molecular flexibility index (Phi) is 7.48. The van der Waals surface area contributed by atoms with Crippen molar-refractivity contribution in [3.63, 3.8) is 0 Å².